The van der Waals surface area contributed by atoms with E-state index in [1.54, 1.807) is 12.4 Å². The molecule has 1 aromatic heterocycles. The van der Waals surface area contributed by atoms with Gasteiger partial charge in [-0.05, 0) is 42.7 Å². The summed E-state index contributed by atoms with van der Waals surface area (Å²) in [6.45, 7) is 6.27. The average Bonchev–Trinajstić information content (AvgIpc) is 2.92. The Bertz CT molecular complexity index is 748. The smallest absolute Gasteiger partial charge is 0.137 e. The normalized spacial score (nSPS) is 18.9. The largest absolute Gasteiger partial charge is 0.492 e. The van der Waals surface area contributed by atoms with Crippen LogP contribution in [0.4, 0.5) is 0 Å². The Morgan fingerprint density at radius 3 is 2.82 bits per heavy atom. The van der Waals surface area contributed by atoms with Gasteiger partial charge in [-0.15, -0.1) is 0 Å². The molecule has 2 aliphatic heterocycles. The highest BCUT2D eigenvalue weighted by atomic mass is 16.5. The Balaban J connectivity index is 1.32. The van der Waals surface area contributed by atoms with Crippen molar-refractivity contribution in [2.75, 3.05) is 39.4 Å². The predicted octanol–water partition coefficient (Wildman–Crippen LogP) is 2.31. The molecule has 0 saturated carbocycles. The maximum absolute atomic E-state index is 9.24. The van der Waals surface area contributed by atoms with Crippen LogP contribution < -0.4 is 9.47 Å². The summed E-state index contributed by atoms with van der Waals surface area (Å²) in [5.41, 5.74) is 2.54. The van der Waals surface area contributed by atoms with Crippen LogP contribution in [0.3, 0.4) is 0 Å². The molecule has 4 rings (SSSR count). The van der Waals surface area contributed by atoms with Gasteiger partial charge in [0.2, 0.25) is 0 Å². The van der Waals surface area contributed by atoms with Gasteiger partial charge in [-0.2, -0.15) is 0 Å². The van der Waals surface area contributed by atoms with Crippen LogP contribution in [0, 0.1) is 0 Å². The molecule has 1 aromatic carbocycles. The molecular formula is C22H29N3O3. The molecule has 0 bridgehead atoms. The summed E-state index contributed by atoms with van der Waals surface area (Å²) in [5.74, 6) is 1.84. The topological polar surface area (TPSA) is 58.1 Å². The lowest BCUT2D eigenvalue weighted by Crippen LogP contribution is -2.37. The lowest BCUT2D eigenvalue weighted by atomic mass is 10.0. The second kappa shape index (κ2) is 9.37. The number of aliphatic hydroxyl groups is 1. The van der Waals surface area contributed by atoms with Gasteiger partial charge in [0, 0.05) is 51.0 Å². The molecule has 2 aromatic rings. The van der Waals surface area contributed by atoms with Crippen LogP contribution in [0.25, 0.3) is 0 Å². The van der Waals surface area contributed by atoms with Crippen LogP contribution in [0.1, 0.15) is 24.0 Å². The first kappa shape index (κ1) is 19.2. The van der Waals surface area contributed by atoms with Gasteiger partial charge in [0.05, 0.1) is 12.8 Å². The number of ether oxygens (including phenoxy) is 2. The Labute approximate surface area is 166 Å². The zero-order valence-electron chi connectivity index (χ0n) is 16.3. The summed E-state index contributed by atoms with van der Waals surface area (Å²) in [7, 11) is 0. The van der Waals surface area contributed by atoms with Gasteiger partial charge in [-0.25, -0.2) is 0 Å². The highest BCUT2D eigenvalue weighted by Gasteiger charge is 2.21. The number of rotatable bonds is 6. The minimum Gasteiger partial charge on any atom is -0.492 e. The number of benzene rings is 1. The van der Waals surface area contributed by atoms with Crippen molar-refractivity contribution in [3.8, 4) is 11.5 Å². The lowest BCUT2D eigenvalue weighted by molar-refractivity contribution is 0.0965. The van der Waals surface area contributed by atoms with Crippen molar-refractivity contribution >= 4 is 0 Å². The molecule has 0 unspecified atom stereocenters. The SMILES string of the molecule is OCCN1CCOc2ccc(CN3CCC(Oc4cccnc4)CC3)cc2C1. The fourth-order valence-electron chi connectivity index (χ4n) is 3.99. The van der Waals surface area contributed by atoms with Crippen LogP contribution in [0.5, 0.6) is 11.5 Å². The zero-order chi connectivity index (χ0) is 19.2. The van der Waals surface area contributed by atoms with Gasteiger partial charge >= 0.3 is 0 Å². The first-order valence-corrected chi connectivity index (χ1v) is 10.2. The van der Waals surface area contributed by atoms with E-state index < -0.39 is 0 Å². The summed E-state index contributed by atoms with van der Waals surface area (Å²) in [4.78, 5) is 8.86. The van der Waals surface area contributed by atoms with E-state index in [1.165, 1.54) is 11.1 Å². The highest BCUT2D eigenvalue weighted by molar-refractivity contribution is 5.38. The minimum absolute atomic E-state index is 0.186. The number of likely N-dealkylation sites (tertiary alicyclic amines) is 1. The molecule has 2 aliphatic rings. The van der Waals surface area contributed by atoms with Crippen molar-refractivity contribution in [2.24, 2.45) is 0 Å². The van der Waals surface area contributed by atoms with E-state index in [9.17, 15) is 5.11 Å². The third-order valence-electron chi connectivity index (χ3n) is 5.48. The fraction of sp³-hybridized carbons (Fsp3) is 0.500. The van der Waals surface area contributed by atoms with E-state index in [0.717, 1.165) is 57.1 Å². The highest BCUT2D eigenvalue weighted by Crippen LogP contribution is 2.26. The predicted molar refractivity (Wildman–Crippen MR) is 107 cm³/mol. The monoisotopic (exact) mass is 383 g/mol. The summed E-state index contributed by atoms with van der Waals surface area (Å²) in [6.07, 6.45) is 5.89. The van der Waals surface area contributed by atoms with E-state index in [-0.39, 0.29) is 12.7 Å². The first-order chi connectivity index (χ1) is 13.8. The van der Waals surface area contributed by atoms with Crippen molar-refractivity contribution < 1.29 is 14.6 Å². The second-order valence-corrected chi connectivity index (χ2v) is 7.57. The number of nitrogens with zero attached hydrogens (tertiary/aromatic N) is 3. The number of aliphatic hydroxyl groups excluding tert-OH is 1. The quantitative estimate of drug-likeness (QED) is 0.826. The third-order valence-corrected chi connectivity index (χ3v) is 5.48. The molecule has 0 radical (unpaired) electrons. The van der Waals surface area contributed by atoms with Crippen molar-refractivity contribution in [1.82, 2.24) is 14.8 Å². The molecular weight excluding hydrogens is 354 g/mol. The van der Waals surface area contributed by atoms with Crippen molar-refractivity contribution in [2.45, 2.75) is 32.0 Å². The van der Waals surface area contributed by atoms with E-state index in [0.29, 0.717) is 13.2 Å². The number of aromatic nitrogens is 1. The summed E-state index contributed by atoms with van der Waals surface area (Å²) < 4.78 is 11.9. The fourth-order valence-corrected chi connectivity index (χ4v) is 3.99. The van der Waals surface area contributed by atoms with E-state index in [4.69, 9.17) is 9.47 Å². The number of fused-ring (bicyclic) bond motifs is 1. The summed E-state index contributed by atoms with van der Waals surface area (Å²) in [6, 6.07) is 10.4. The number of pyridine rings is 1. The average molecular weight is 383 g/mol. The number of β-amino-alcohol motifs (C(OH)–C–C–N with tert-alkyl or cyclic N) is 1. The molecule has 3 heterocycles. The van der Waals surface area contributed by atoms with Crippen LogP contribution >= 0.6 is 0 Å². The van der Waals surface area contributed by atoms with Crippen LogP contribution in [-0.4, -0.2) is 65.4 Å². The van der Waals surface area contributed by atoms with Gasteiger partial charge in [-0.3, -0.25) is 14.8 Å². The lowest BCUT2D eigenvalue weighted by Gasteiger charge is -2.32. The van der Waals surface area contributed by atoms with Crippen LogP contribution in [0.15, 0.2) is 42.7 Å². The second-order valence-electron chi connectivity index (χ2n) is 7.57. The van der Waals surface area contributed by atoms with Gasteiger partial charge < -0.3 is 14.6 Å². The molecule has 1 N–H and O–H groups in total. The Morgan fingerprint density at radius 2 is 2.04 bits per heavy atom. The molecule has 1 saturated heterocycles. The number of piperidine rings is 1. The zero-order valence-corrected chi connectivity index (χ0v) is 16.3. The van der Waals surface area contributed by atoms with E-state index >= 15 is 0 Å². The molecule has 6 heteroatoms. The van der Waals surface area contributed by atoms with Crippen LogP contribution in [-0.2, 0) is 13.1 Å². The number of hydrogen-bond acceptors (Lipinski definition) is 6. The van der Waals surface area contributed by atoms with Gasteiger partial charge in [0.15, 0.2) is 0 Å². The van der Waals surface area contributed by atoms with Crippen molar-refractivity contribution in [1.29, 1.82) is 0 Å². The molecule has 0 atom stereocenters. The number of hydrogen-bond donors (Lipinski definition) is 1. The molecule has 28 heavy (non-hydrogen) atoms. The molecule has 150 valence electrons. The third kappa shape index (κ3) is 5.01. The maximum Gasteiger partial charge on any atom is 0.137 e. The molecule has 6 nitrogen and oxygen atoms in total. The van der Waals surface area contributed by atoms with Crippen LogP contribution in [0.2, 0.25) is 0 Å². The summed E-state index contributed by atoms with van der Waals surface area (Å²) >= 11 is 0. The standard InChI is InChI=1S/C22H29N3O3/c26-12-10-25-11-13-27-22-4-3-18(14-19(22)17-25)16-24-8-5-20(6-9-24)28-21-2-1-7-23-15-21/h1-4,7,14-15,20,26H,5-6,8-13,16-17H2. The minimum atomic E-state index is 0.186. The van der Waals surface area contributed by atoms with Gasteiger partial charge in [0.25, 0.3) is 0 Å². The molecule has 0 amide bonds. The van der Waals surface area contributed by atoms with Gasteiger partial charge in [0.1, 0.15) is 24.2 Å². The first-order valence-electron chi connectivity index (χ1n) is 10.2. The van der Waals surface area contributed by atoms with E-state index in [2.05, 4.69) is 33.0 Å². The summed E-state index contributed by atoms with van der Waals surface area (Å²) in [5, 5.41) is 9.24. The maximum atomic E-state index is 9.24. The van der Waals surface area contributed by atoms with Crippen molar-refractivity contribution in [3.63, 3.8) is 0 Å². The van der Waals surface area contributed by atoms with Gasteiger partial charge in [-0.1, -0.05) is 6.07 Å². The van der Waals surface area contributed by atoms with Crippen molar-refractivity contribution in [3.05, 3.63) is 53.9 Å². The molecule has 0 aliphatic carbocycles. The molecule has 0 spiro atoms. The Kier molecular flexibility index (Phi) is 6.41. The Hall–Kier alpha value is -2.15. The molecule has 1 fully saturated rings. The Morgan fingerprint density at radius 1 is 1.14 bits per heavy atom. The van der Waals surface area contributed by atoms with E-state index in [1.807, 2.05) is 12.1 Å².